The number of nitrogens with zero attached hydrogens (tertiary/aromatic N) is 1. The van der Waals surface area contributed by atoms with Crippen molar-refractivity contribution in [2.45, 2.75) is 0 Å². The number of halogens is 1. The van der Waals surface area contributed by atoms with E-state index in [0.29, 0.717) is 5.69 Å². The normalized spacial score (nSPS) is 10.8. The zero-order valence-electron chi connectivity index (χ0n) is 11.4. The zero-order chi connectivity index (χ0) is 14.1. The Hall–Kier alpha value is -2.49. The molecule has 0 saturated carbocycles. The Labute approximate surface area is 116 Å². The van der Waals surface area contributed by atoms with Crippen LogP contribution in [0.1, 0.15) is 0 Å². The number of methoxy groups -OCH3 is 1. The first-order valence-electron chi connectivity index (χ1n) is 6.33. The smallest absolute Gasteiger partial charge is 0.167 e. The lowest BCUT2D eigenvalue weighted by Crippen LogP contribution is -1.94. The summed E-state index contributed by atoms with van der Waals surface area (Å²) in [5, 5.41) is 4.38. The highest BCUT2D eigenvalue weighted by Gasteiger charge is 2.05. The Bertz CT molecular complexity index is 764. The van der Waals surface area contributed by atoms with Crippen LogP contribution in [-0.4, -0.2) is 11.7 Å². The maximum Gasteiger partial charge on any atom is 0.167 e. The number of nitrogens with one attached hydrogen (secondary N) is 1. The van der Waals surface area contributed by atoms with Crippen molar-refractivity contribution in [2.75, 3.05) is 12.4 Å². The third-order valence-corrected chi connectivity index (χ3v) is 3.33. The molecule has 3 rings (SSSR count). The van der Waals surface area contributed by atoms with Gasteiger partial charge in [-0.15, -0.1) is 0 Å². The van der Waals surface area contributed by atoms with Crippen molar-refractivity contribution in [1.29, 1.82) is 0 Å². The van der Waals surface area contributed by atoms with Crippen LogP contribution in [0.5, 0.6) is 5.75 Å². The molecule has 2 aromatic carbocycles. The van der Waals surface area contributed by atoms with Crippen molar-refractivity contribution in [3.8, 4) is 5.75 Å². The predicted octanol–water partition coefficient (Wildman–Crippen LogP) is 4.07. The van der Waals surface area contributed by atoms with Gasteiger partial charge in [0.05, 0.1) is 7.11 Å². The molecular formula is C16H15FN2O. The van der Waals surface area contributed by atoms with E-state index in [4.69, 9.17) is 4.74 Å². The van der Waals surface area contributed by atoms with Gasteiger partial charge >= 0.3 is 0 Å². The molecule has 0 bridgehead atoms. The molecule has 1 N–H and O–H groups in total. The van der Waals surface area contributed by atoms with Crippen LogP contribution in [0.4, 0.5) is 15.8 Å². The van der Waals surface area contributed by atoms with E-state index in [2.05, 4.69) is 16.0 Å². The Morgan fingerprint density at radius 2 is 1.80 bits per heavy atom. The quantitative estimate of drug-likeness (QED) is 0.776. The molecule has 0 unspecified atom stereocenters. The molecule has 102 valence electrons. The van der Waals surface area contributed by atoms with Gasteiger partial charge in [0.2, 0.25) is 0 Å². The minimum atomic E-state index is -0.377. The number of anilines is 2. The summed E-state index contributed by atoms with van der Waals surface area (Å²) in [5.41, 5.74) is 2.74. The number of hydrogen-bond acceptors (Lipinski definition) is 2. The molecule has 3 aromatic rings. The summed E-state index contributed by atoms with van der Waals surface area (Å²) in [7, 11) is 3.45. The maximum absolute atomic E-state index is 13.7. The second-order valence-corrected chi connectivity index (χ2v) is 4.67. The molecule has 3 nitrogen and oxygen atoms in total. The van der Waals surface area contributed by atoms with Crippen molar-refractivity contribution >= 4 is 22.3 Å². The standard InChI is InChI=1S/C16H15FN2O/c1-19-8-7-11-3-4-13(10-15(11)19)18-12-5-6-16(20-2)14(17)9-12/h3-10,18H,1-2H3. The first-order valence-corrected chi connectivity index (χ1v) is 6.33. The number of hydrogen-bond donors (Lipinski definition) is 1. The van der Waals surface area contributed by atoms with Gasteiger partial charge < -0.3 is 14.6 Å². The van der Waals surface area contributed by atoms with E-state index in [9.17, 15) is 4.39 Å². The lowest BCUT2D eigenvalue weighted by atomic mass is 10.2. The van der Waals surface area contributed by atoms with Crippen LogP contribution >= 0.6 is 0 Å². The molecule has 0 aliphatic heterocycles. The predicted molar refractivity (Wildman–Crippen MR) is 79.2 cm³/mol. The van der Waals surface area contributed by atoms with E-state index in [1.54, 1.807) is 12.1 Å². The molecule has 0 amide bonds. The molecule has 0 atom stereocenters. The van der Waals surface area contributed by atoms with Gasteiger partial charge in [-0.3, -0.25) is 0 Å². The van der Waals surface area contributed by atoms with Crippen molar-refractivity contribution in [3.05, 3.63) is 54.5 Å². The number of benzene rings is 2. The largest absolute Gasteiger partial charge is 0.494 e. The summed E-state index contributed by atoms with van der Waals surface area (Å²) in [6.45, 7) is 0. The number of aromatic nitrogens is 1. The van der Waals surface area contributed by atoms with Crippen molar-refractivity contribution < 1.29 is 9.13 Å². The fourth-order valence-electron chi connectivity index (χ4n) is 2.25. The fourth-order valence-corrected chi connectivity index (χ4v) is 2.25. The van der Waals surface area contributed by atoms with E-state index >= 15 is 0 Å². The second-order valence-electron chi connectivity index (χ2n) is 4.67. The molecule has 0 spiro atoms. The van der Waals surface area contributed by atoms with E-state index in [0.717, 1.165) is 11.2 Å². The third kappa shape index (κ3) is 2.20. The molecule has 20 heavy (non-hydrogen) atoms. The topological polar surface area (TPSA) is 26.2 Å². The lowest BCUT2D eigenvalue weighted by molar-refractivity contribution is 0.386. The van der Waals surface area contributed by atoms with E-state index in [1.165, 1.54) is 18.6 Å². The Kier molecular flexibility index (Phi) is 3.06. The monoisotopic (exact) mass is 270 g/mol. The summed E-state index contributed by atoms with van der Waals surface area (Å²) in [4.78, 5) is 0. The van der Waals surface area contributed by atoms with Gasteiger partial charge in [0.15, 0.2) is 11.6 Å². The van der Waals surface area contributed by atoms with E-state index in [1.807, 2.05) is 31.4 Å². The lowest BCUT2D eigenvalue weighted by Gasteiger charge is -2.09. The van der Waals surface area contributed by atoms with E-state index < -0.39 is 0 Å². The summed E-state index contributed by atoms with van der Waals surface area (Å²) in [6.07, 6.45) is 2.02. The molecule has 0 radical (unpaired) electrons. The van der Waals surface area contributed by atoms with Crippen molar-refractivity contribution in [3.63, 3.8) is 0 Å². The van der Waals surface area contributed by atoms with Crippen LogP contribution in [0.2, 0.25) is 0 Å². The van der Waals surface area contributed by atoms with Gasteiger partial charge in [0, 0.05) is 36.2 Å². The SMILES string of the molecule is COc1ccc(Nc2ccc3ccn(C)c3c2)cc1F. The Morgan fingerprint density at radius 3 is 2.55 bits per heavy atom. The van der Waals surface area contributed by atoms with Crippen LogP contribution < -0.4 is 10.1 Å². The van der Waals surface area contributed by atoms with Crippen LogP contribution in [-0.2, 0) is 7.05 Å². The average Bonchev–Trinajstić information content (AvgIpc) is 2.81. The van der Waals surface area contributed by atoms with Crippen molar-refractivity contribution in [1.82, 2.24) is 4.57 Å². The van der Waals surface area contributed by atoms with Gasteiger partial charge in [-0.25, -0.2) is 4.39 Å². The number of rotatable bonds is 3. The molecular weight excluding hydrogens is 255 g/mol. The van der Waals surface area contributed by atoms with E-state index in [-0.39, 0.29) is 11.6 Å². The third-order valence-electron chi connectivity index (χ3n) is 3.33. The Morgan fingerprint density at radius 1 is 1.05 bits per heavy atom. The molecule has 0 saturated heterocycles. The second kappa shape index (κ2) is 4.89. The minimum Gasteiger partial charge on any atom is -0.494 e. The molecule has 0 aliphatic rings. The number of ether oxygens (including phenoxy) is 1. The van der Waals surface area contributed by atoms with Gasteiger partial charge in [0.25, 0.3) is 0 Å². The first kappa shape index (κ1) is 12.5. The maximum atomic E-state index is 13.7. The van der Waals surface area contributed by atoms with Crippen molar-refractivity contribution in [2.24, 2.45) is 7.05 Å². The minimum absolute atomic E-state index is 0.244. The molecule has 0 fully saturated rings. The number of fused-ring (bicyclic) bond motifs is 1. The highest BCUT2D eigenvalue weighted by Crippen LogP contribution is 2.25. The van der Waals surface area contributed by atoms with Gasteiger partial charge in [-0.05, 0) is 35.7 Å². The summed E-state index contributed by atoms with van der Waals surface area (Å²) in [5.74, 6) is -0.133. The van der Waals surface area contributed by atoms with Crippen LogP contribution in [0.25, 0.3) is 10.9 Å². The molecule has 1 aromatic heterocycles. The van der Waals surface area contributed by atoms with Crippen LogP contribution in [0.15, 0.2) is 48.7 Å². The molecule has 1 heterocycles. The summed E-state index contributed by atoms with van der Waals surface area (Å²) >= 11 is 0. The average molecular weight is 270 g/mol. The first-order chi connectivity index (χ1) is 9.67. The Balaban J connectivity index is 1.92. The molecule has 4 heteroatoms. The van der Waals surface area contributed by atoms with Gasteiger partial charge in [-0.2, -0.15) is 0 Å². The zero-order valence-corrected chi connectivity index (χ0v) is 11.4. The van der Waals surface area contributed by atoms with Crippen LogP contribution in [0, 0.1) is 5.82 Å². The van der Waals surface area contributed by atoms with Gasteiger partial charge in [-0.1, -0.05) is 6.07 Å². The molecule has 0 aliphatic carbocycles. The highest BCUT2D eigenvalue weighted by atomic mass is 19.1. The van der Waals surface area contributed by atoms with Crippen LogP contribution in [0.3, 0.4) is 0 Å². The van der Waals surface area contributed by atoms with Gasteiger partial charge in [0.1, 0.15) is 0 Å². The summed E-state index contributed by atoms with van der Waals surface area (Å²) in [6, 6.07) is 12.9. The number of aryl methyl sites for hydroxylation is 1. The fraction of sp³-hybridized carbons (Fsp3) is 0.125. The highest BCUT2D eigenvalue weighted by molar-refractivity contribution is 5.84. The summed E-state index contributed by atoms with van der Waals surface area (Å²) < 4.78 is 20.6.